The largest absolute Gasteiger partial charge is 0.496 e. The third-order valence-electron chi connectivity index (χ3n) is 2.70. The van der Waals surface area contributed by atoms with E-state index < -0.39 is 0 Å². The molecule has 0 radical (unpaired) electrons. The first-order chi connectivity index (χ1) is 7.31. The lowest BCUT2D eigenvalue weighted by molar-refractivity contribution is 0.411. The van der Waals surface area contributed by atoms with E-state index in [1.165, 1.54) is 0 Å². The van der Waals surface area contributed by atoms with Crippen molar-refractivity contribution >= 4 is 0 Å². The zero-order valence-corrected chi connectivity index (χ0v) is 9.13. The Labute approximate surface area is 90.6 Å². The summed E-state index contributed by atoms with van der Waals surface area (Å²) in [6, 6.07) is 5.98. The van der Waals surface area contributed by atoms with Crippen LogP contribution in [0, 0.1) is 24.7 Å². The van der Waals surface area contributed by atoms with Crippen LogP contribution < -0.4 is 10.1 Å². The molecule has 0 spiro atoms. The summed E-state index contributed by atoms with van der Waals surface area (Å²) in [6.07, 6.45) is 0. The fourth-order valence-electron chi connectivity index (χ4n) is 1.54. The Bertz CT molecular complexity index is 410. The third-order valence-corrected chi connectivity index (χ3v) is 2.70. The van der Waals surface area contributed by atoms with Gasteiger partial charge in [0.15, 0.2) is 0 Å². The van der Waals surface area contributed by atoms with Crippen LogP contribution in [0.15, 0.2) is 18.2 Å². The first kappa shape index (κ1) is 10.1. The summed E-state index contributed by atoms with van der Waals surface area (Å²) in [5, 5.41) is 3.21. The Morgan fingerprint density at radius 2 is 2.20 bits per heavy atom. The van der Waals surface area contributed by atoms with E-state index in [9.17, 15) is 0 Å². The molecule has 1 aliphatic rings. The van der Waals surface area contributed by atoms with Crippen molar-refractivity contribution in [2.45, 2.75) is 6.92 Å². The second kappa shape index (κ2) is 4.37. The van der Waals surface area contributed by atoms with Crippen LogP contribution in [0.4, 0.5) is 0 Å². The van der Waals surface area contributed by atoms with Crippen LogP contribution in [0.3, 0.4) is 0 Å². The predicted molar refractivity (Wildman–Crippen MR) is 61.0 cm³/mol. The fourth-order valence-corrected chi connectivity index (χ4v) is 1.54. The average Bonchev–Trinajstić information content (AvgIpc) is 2.18. The zero-order valence-electron chi connectivity index (χ0n) is 9.13. The Morgan fingerprint density at radius 3 is 2.80 bits per heavy atom. The van der Waals surface area contributed by atoms with E-state index in [0.29, 0.717) is 5.92 Å². The molecule has 1 aromatic rings. The Kier molecular flexibility index (Phi) is 2.94. The lowest BCUT2D eigenvalue weighted by Crippen LogP contribution is -2.40. The van der Waals surface area contributed by atoms with Crippen molar-refractivity contribution in [1.82, 2.24) is 5.32 Å². The molecule has 0 atom stereocenters. The van der Waals surface area contributed by atoms with Gasteiger partial charge in [-0.2, -0.15) is 0 Å². The van der Waals surface area contributed by atoms with Crippen molar-refractivity contribution < 1.29 is 4.74 Å². The van der Waals surface area contributed by atoms with E-state index in [-0.39, 0.29) is 0 Å². The van der Waals surface area contributed by atoms with Gasteiger partial charge in [0.25, 0.3) is 0 Å². The summed E-state index contributed by atoms with van der Waals surface area (Å²) in [4.78, 5) is 0. The van der Waals surface area contributed by atoms with Crippen LogP contribution >= 0.6 is 0 Å². The van der Waals surface area contributed by atoms with Crippen molar-refractivity contribution in [2.75, 3.05) is 20.2 Å². The molecule has 1 aliphatic heterocycles. The standard InChI is InChI=1S/C13H15NO/c1-10-12(4-3-5-13(10)15-2)7-6-11-8-14-9-11/h3-5,11,14H,8-9H2,1-2H3. The lowest BCUT2D eigenvalue weighted by Gasteiger charge is -2.21. The van der Waals surface area contributed by atoms with Crippen molar-refractivity contribution in [3.05, 3.63) is 29.3 Å². The van der Waals surface area contributed by atoms with E-state index in [1.54, 1.807) is 7.11 Å². The summed E-state index contributed by atoms with van der Waals surface area (Å²) >= 11 is 0. The molecule has 2 rings (SSSR count). The van der Waals surface area contributed by atoms with Crippen LogP contribution in [0.25, 0.3) is 0 Å². The maximum absolute atomic E-state index is 5.25. The number of nitrogens with one attached hydrogen (secondary N) is 1. The van der Waals surface area contributed by atoms with Gasteiger partial charge in [0.2, 0.25) is 0 Å². The Hall–Kier alpha value is -1.46. The van der Waals surface area contributed by atoms with E-state index in [1.807, 2.05) is 25.1 Å². The smallest absolute Gasteiger partial charge is 0.123 e. The molecule has 1 aromatic carbocycles. The summed E-state index contributed by atoms with van der Waals surface area (Å²) in [6.45, 7) is 4.09. The maximum Gasteiger partial charge on any atom is 0.123 e. The summed E-state index contributed by atoms with van der Waals surface area (Å²) in [5.41, 5.74) is 2.20. The van der Waals surface area contributed by atoms with Crippen LogP contribution in [0.5, 0.6) is 5.75 Å². The van der Waals surface area contributed by atoms with Gasteiger partial charge < -0.3 is 10.1 Å². The zero-order chi connectivity index (χ0) is 10.7. The van der Waals surface area contributed by atoms with Crippen LogP contribution in [0.1, 0.15) is 11.1 Å². The van der Waals surface area contributed by atoms with Crippen LogP contribution in [0.2, 0.25) is 0 Å². The van der Waals surface area contributed by atoms with Gasteiger partial charge in [-0.15, -0.1) is 0 Å². The number of methoxy groups -OCH3 is 1. The molecule has 0 amide bonds. The molecule has 2 heteroatoms. The van der Waals surface area contributed by atoms with Gasteiger partial charge in [0, 0.05) is 30.1 Å². The molecule has 2 nitrogen and oxygen atoms in total. The van der Waals surface area contributed by atoms with Crippen molar-refractivity contribution in [3.8, 4) is 17.6 Å². The molecular weight excluding hydrogens is 186 g/mol. The Morgan fingerprint density at radius 1 is 1.40 bits per heavy atom. The monoisotopic (exact) mass is 201 g/mol. The van der Waals surface area contributed by atoms with E-state index >= 15 is 0 Å². The normalized spacial score (nSPS) is 15.1. The molecule has 0 saturated carbocycles. The van der Waals surface area contributed by atoms with Crippen LogP contribution in [-0.2, 0) is 0 Å². The molecule has 1 saturated heterocycles. The first-order valence-electron chi connectivity index (χ1n) is 5.17. The van der Waals surface area contributed by atoms with E-state index in [0.717, 1.165) is 30.0 Å². The lowest BCUT2D eigenvalue weighted by atomic mass is 10.0. The van der Waals surface area contributed by atoms with Gasteiger partial charge in [-0.1, -0.05) is 17.9 Å². The van der Waals surface area contributed by atoms with Gasteiger partial charge in [-0.05, 0) is 19.1 Å². The number of ether oxygens (including phenoxy) is 1. The molecule has 0 bridgehead atoms. The molecular formula is C13H15NO. The van der Waals surface area contributed by atoms with Gasteiger partial charge in [-0.3, -0.25) is 0 Å². The minimum Gasteiger partial charge on any atom is -0.496 e. The topological polar surface area (TPSA) is 21.3 Å². The second-order valence-corrected chi connectivity index (χ2v) is 3.76. The Balaban J connectivity index is 2.22. The maximum atomic E-state index is 5.25. The van der Waals surface area contributed by atoms with Gasteiger partial charge >= 0.3 is 0 Å². The third kappa shape index (κ3) is 2.14. The molecule has 0 unspecified atom stereocenters. The molecule has 1 fully saturated rings. The summed E-state index contributed by atoms with van der Waals surface area (Å²) in [5.74, 6) is 7.91. The molecule has 78 valence electrons. The molecule has 1 heterocycles. The quantitative estimate of drug-likeness (QED) is 0.696. The first-order valence-corrected chi connectivity index (χ1v) is 5.17. The van der Waals surface area contributed by atoms with E-state index in [2.05, 4.69) is 17.2 Å². The van der Waals surface area contributed by atoms with Gasteiger partial charge in [0.05, 0.1) is 7.11 Å². The average molecular weight is 201 g/mol. The number of hydrogen-bond donors (Lipinski definition) is 1. The highest BCUT2D eigenvalue weighted by molar-refractivity contribution is 5.48. The van der Waals surface area contributed by atoms with Crippen molar-refractivity contribution in [3.63, 3.8) is 0 Å². The predicted octanol–water partition coefficient (Wildman–Crippen LogP) is 1.57. The number of benzene rings is 1. The van der Waals surface area contributed by atoms with Gasteiger partial charge in [-0.25, -0.2) is 0 Å². The van der Waals surface area contributed by atoms with Gasteiger partial charge in [0.1, 0.15) is 5.75 Å². The minimum atomic E-state index is 0.524. The highest BCUT2D eigenvalue weighted by atomic mass is 16.5. The molecule has 15 heavy (non-hydrogen) atoms. The molecule has 1 N–H and O–H groups in total. The fraction of sp³-hybridized carbons (Fsp3) is 0.385. The number of hydrogen-bond acceptors (Lipinski definition) is 2. The molecule has 0 aliphatic carbocycles. The number of rotatable bonds is 1. The minimum absolute atomic E-state index is 0.524. The summed E-state index contributed by atoms with van der Waals surface area (Å²) < 4.78 is 5.25. The van der Waals surface area contributed by atoms with Crippen molar-refractivity contribution in [1.29, 1.82) is 0 Å². The molecule has 0 aromatic heterocycles. The highest BCUT2D eigenvalue weighted by Crippen LogP contribution is 2.20. The SMILES string of the molecule is COc1cccc(C#CC2CNC2)c1C. The second-order valence-electron chi connectivity index (χ2n) is 3.76. The van der Waals surface area contributed by atoms with Crippen LogP contribution in [-0.4, -0.2) is 20.2 Å². The van der Waals surface area contributed by atoms with E-state index in [4.69, 9.17) is 4.74 Å². The highest BCUT2D eigenvalue weighted by Gasteiger charge is 2.12. The van der Waals surface area contributed by atoms with Crippen molar-refractivity contribution in [2.24, 2.45) is 5.92 Å². The summed E-state index contributed by atoms with van der Waals surface area (Å²) in [7, 11) is 1.69.